The minimum atomic E-state index is -0.434. The van der Waals surface area contributed by atoms with Crippen molar-refractivity contribution in [1.82, 2.24) is 4.90 Å². The van der Waals surface area contributed by atoms with Gasteiger partial charge in [0.2, 0.25) is 0 Å². The van der Waals surface area contributed by atoms with Gasteiger partial charge in [-0.3, -0.25) is 0 Å². The predicted molar refractivity (Wildman–Crippen MR) is 73.0 cm³/mol. The van der Waals surface area contributed by atoms with Gasteiger partial charge in [-0.05, 0) is 44.7 Å². The summed E-state index contributed by atoms with van der Waals surface area (Å²) in [5, 5.41) is 10.4. The standard InChI is InChI=1S/C14H30N2O/c1-4-13(5-2,10-15)11-16(3)12-14(17)8-6-7-9-14/h17H,4-12,15H2,1-3H3. The fourth-order valence-electron chi connectivity index (χ4n) is 3.15. The Labute approximate surface area is 106 Å². The van der Waals surface area contributed by atoms with Crippen LogP contribution in [0.5, 0.6) is 0 Å². The van der Waals surface area contributed by atoms with Crippen molar-refractivity contribution in [3.63, 3.8) is 0 Å². The summed E-state index contributed by atoms with van der Waals surface area (Å²) in [5.41, 5.74) is 5.72. The van der Waals surface area contributed by atoms with Crippen LogP contribution in [0.2, 0.25) is 0 Å². The number of nitrogens with two attached hydrogens (primary N) is 1. The van der Waals surface area contributed by atoms with Crippen molar-refractivity contribution in [2.75, 3.05) is 26.7 Å². The van der Waals surface area contributed by atoms with Crippen LogP contribution >= 0.6 is 0 Å². The Morgan fingerprint density at radius 2 is 1.76 bits per heavy atom. The number of hydrogen-bond acceptors (Lipinski definition) is 3. The van der Waals surface area contributed by atoms with Crippen LogP contribution in [0.4, 0.5) is 0 Å². The van der Waals surface area contributed by atoms with Gasteiger partial charge in [-0.15, -0.1) is 0 Å². The van der Waals surface area contributed by atoms with Gasteiger partial charge in [-0.25, -0.2) is 0 Å². The summed E-state index contributed by atoms with van der Waals surface area (Å²) >= 11 is 0. The van der Waals surface area contributed by atoms with Crippen LogP contribution in [0.15, 0.2) is 0 Å². The summed E-state index contributed by atoms with van der Waals surface area (Å²) in [5.74, 6) is 0. The molecule has 1 rings (SSSR count). The molecule has 0 aromatic rings. The van der Waals surface area contributed by atoms with E-state index in [2.05, 4.69) is 25.8 Å². The van der Waals surface area contributed by atoms with Crippen LogP contribution in [0.3, 0.4) is 0 Å². The maximum atomic E-state index is 10.4. The molecular weight excluding hydrogens is 212 g/mol. The molecule has 0 amide bonds. The molecule has 0 unspecified atom stereocenters. The first-order valence-corrected chi connectivity index (χ1v) is 7.10. The first-order chi connectivity index (χ1) is 7.99. The van der Waals surface area contributed by atoms with Crippen molar-refractivity contribution in [2.24, 2.45) is 11.1 Å². The highest BCUT2D eigenvalue weighted by Gasteiger charge is 2.34. The molecule has 1 aliphatic rings. The Balaban J connectivity index is 2.49. The lowest BCUT2D eigenvalue weighted by Crippen LogP contribution is -2.46. The van der Waals surface area contributed by atoms with E-state index in [1.807, 2.05) is 0 Å². The Hall–Kier alpha value is -0.120. The SMILES string of the molecule is CCC(CC)(CN)CN(C)CC1(O)CCCC1. The van der Waals surface area contributed by atoms with Crippen molar-refractivity contribution in [2.45, 2.75) is 58.0 Å². The van der Waals surface area contributed by atoms with E-state index < -0.39 is 5.60 Å². The minimum absolute atomic E-state index is 0.226. The maximum Gasteiger partial charge on any atom is 0.0774 e. The Morgan fingerprint density at radius 3 is 2.18 bits per heavy atom. The fourth-order valence-corrected chi connectivity index (χ4v) is 3.15. The molecule has 0 aromatic carbocycles. The molecule has 0 atom stereocenters. The van der Waals surface area contributed by atoms with Crippen LogP contribution in [-0.4, -0.2) is 42.3 Å². The van der Waals surface area contributed by atoms with E-state index in [0.29, 0.717) is 0 Å². The smallest absolute Gasteiger partial charge is 0.0774 e. The van der Waals surface area contributed by atoms with Gasteiger partial charge in [0.05, 0.1) is 5.60 Å². The van der Waals surface area contributed by atoms with Gasteiger partial charge in [0.25, 0.3) is 0 Å². The summed E-state index contributed by atoms with van der Waals surface area (Å²) < 4.78 is 0. The van der Waals surface area contributed by atoms with E-state index in [-0.39, 0.29) is 5.41 Å². The van der Waals surface area contributed by atoms with Gasteiger partial charge >= 0.3 is 0 Å². The molecule has 1 fully saturated rings. The van der Waals surface area contributed by atoms with E-state index in [4.69, 9.17) is 5.73 Å². The highest BCUT2D eigenvalue weighted by atomic mass is 16.3. The second-order valence-electron chi connectivity index (χ2n) is 6.01. The second kappa shape index (κ2) is 6.17. The third kappa shape index (κ3) is 3.94. The van der Waals surface area contributed by atoms with Crippen molar-refractivity contribution in [1.29, 1.82) is 0 Å². The van der Waals surface area contributed by atoms with Crippen molar-refractivity contribution < 1.29 is 5.11 Å². The molecule has 17 heavy (non-hydrogen) atoms. The average Bonchev–Trinajstić information content (AvgIpc) is 2.72. The third-order valence-electron chi connectivity index (χ3n) is 4.64. The molecule has 0 spiro atoms. The van der Waals surface area contributed by atoms with Crippen LogP contribution in [0.25, 0.3) is 0 Å². The molecule has 0 aliphatic heterocycles. The van der Waals surface area contributed by atoms with E-state index in [0.717, 1.165) is 45.3 Å². The van der Waals surface area contributed by atoms with Crippen molar-refractivity contribution in [3.05, 3.63) is 0 Å². The van der Waals surface area contributed by atoms with Gasteiger partial charge < -0.3 is 15.7 Å². The molecule has 1 aliphatic carbocycles. The number of hydrogen-bond donors (Lipinski definition) is 2. The third-order valence-corrected chi connectivity index (χ3v) is 4.64. The molecule has 0 radical (unpaired) electrons. The molecular formula is C14H30N2O. The summed E-state index contributed by atoms with van der Waals surface area (Å²) in [6.07, 6.45) is 6.50. The summed E-state index contributed by atoms with van der Waals surface area (Å²) in [6.45, 7) is 6.97. The van der Waals surface area contributed by atoms with Crippen molar-refractivity contribution >= 4 is 0 Å². The van der Waals surface area contributed by atoms with Gasteiger partial charge in [-0.1, -0.05) is 26.7 Å². The lowest BCUT2D eigenvalue weighted by atomic mass is 9.81. The lowest BCUT2D eigenvalue weighted by molar-refractivity contribution is 0.00502. The zero-order chi connectivity index (χ0) is 12.9. The van der Waals surface area contributed by atoms with Gasteiger partial charge in [0.15, 0.2) is 0 Å². The predicted octanol–water partition coefficient (Wildman–Crippen LogP) is 1.99. The van der Waals surface area contributed by atoms with Crippen LogP contribution < -0.4 is 5.73 Å². The highest BCUT2D eigenvalue weighted by molar-refractivity contribution is 4.89. The van der Waals surface area contributed by atoms with E-state index in [9.17, 15) is 5.11 Å². The normalized spacial score (nSPS) is 20.1. The van der Waals surface area contributed by atoms with Crippen molar-refractivity contribution in [3.8, 4) is 0 Å². The molecule has 0 heterocycles. The number of rotatable bonds is 7. The molecule has 3 heteroatoms. The summed E-state index contributed by atoms with van der Waals surface area (Å²) in [4.78, 5) is 2.28. The summed E-state index contributed by atoms with van der Waals surface area (Å²) in [6, 6.07) is 0. The first-order valence-electron chi connectivity index (χ1n) is 7.10. The maximum absolute atomic E-state index is 10.4. The van der Waals surface area contributed by atoms with E-state index >= 15 is 0 Å². The number of nitrogens with zero attached hydrogens (tertiary/aromatic N) is 1. The zero-order valence-corrected chi connectivity index (χ0v) is 11.8. The fraction of sp³-hybridized carbons (Fsp3) is 1.00. The van der Waals surface area contributed by atoms with Gasteiger partial charge in [-0.2, -0.15) is 0 Å². The average molecular weight is 242 g/mol. The molecule has 1 saturated carbocycles. The number of aliphatic hydroxyl groups is 1. The Morgan fingerprint density at radius 1 is 1.24 bits per heavy atom. The molecule has 0 aromatic heterocycles. The van der Waals surface area contributed by atoms with E-state index in [1.54, 1.807) is 0 Å². The molecule has 102 valence electrons. The second-order valence-corrected chi connectivity index (χ2v) is 6.01. The highest BCUT2D eigenvalue weighted by Crippen LogP contribution is 2.32. The monoisotopic (exact) mass is 242 g/mol. The molecule has 3 nitrogen and oxygen atoms in total. The number of likely N-dealkylation sites (N-methyl/N-ethyl adjacent to an activating group) is 1. The lowest BCUT2D eigenvalue weighted by Gasteiger charge is -2.37. The first kappa shape index (κ1) is 14.9. The van der Waals surface area contributed by atoms with Crippen LogP contribution in [0, 0.1) is 5.41 Å². The van der Waals surface area contributed by atoms with Gasteiger partial charge in [0, 0.05) is 13.1 Å². The largest absolute Gasteiger partial charge is 0.389 e. The zero-order valence-electron chi connectivity index (χ0n) is 11.8. The van der Waals surface area contributed by atoms with Crippen LogP contribution in [0.1, 0.15) is 52.4 Å². The Kier molecular flexibility index (Phi) is 5.42. The molecule has 0 bridgehead atoms. The summed E-state index contributed by atoms with van der Waals surface area (Å²) in [7, 11) is 2.12. The Bertz CT molecular complexity index is 212. The topological polar surface area (TPSA) is 49.5 Å². The quantitative estimate of drug-likeness (QED) is 0.718. The minimum Gasteiger partial charge on any atom is -0.389 e. The van der Waals surface area contributed by atoms with Gasteiger partial charge in [0.1, 0.15) is 0 Å². The molecule has 0 saturated heterocycles. The molecule has 3 N–H and O–H groups in total. The van der Waals surface area contributed by atoms with E-state index in [1.165, 1.54) is 12.8 Å². The van der Waals surface area contributed by atoms with Crippen LogP contribution in [-0.2, 0) is 0 Å².